The molecule has 0 unspecified atom stereocenters. The van der Waals surface area contributed by atoms with Gasteiger partial charge < -0.3 is 15.3 Å². The Morgan fingerprint density at radius 3 is 2.33 bits per heavy atom. The quantitative estimate of drug-likeness (QED) is 0.340. The Kier molecular flexibility index (Phi) is 8.34. The van der Waals surface area contributed by atoms with E-state index < -0.39 is 11.7 Å². The Balaban J connectivity index is 3.58. The second-order valence-corrected chi connectivity index (χ2v) is 3.35. The van der Waals surface area contributed by atoms with Crippen molar-refractivity contribution in [1.82, 2.24) is 0 Å². The van der Waals surface area contributed by atoms with Gasteiger partial charge in [0.2, 0.25) is 0 Å². The van der Waals surface area contributed by atoms with Gasteiger partial charge in [-0.3, -0.25) is 0 Å². The van der Waals surface area contributed by atoms with Crippen LogP contribution in [0, 0.1) is 0 Å². The molecule has 0 aromatic rings. The maximum atomic E-state index is 8.86. The first-order valence-electron chi connectivity index (χ1n) is 5.32. The van der Waals surface area contributed by atoms with Gasteiger partial charge in [0.05, 0.1) is 0 Å². The largest absolute Gasteiger partial charge is 0.502 e. The summed E-state index contributed by atoms with van der Waals surface area (Å²) in [4.78, 5) is 0. The molecule has 15 heavy (non-hydrogen) atoms. The van der Waals surface area contributed by atoms with Crippen LogP contribution < -0.4 is 0 Å². The van der Waals surface area contributed by atoms with Crippen LogP contribution in [-0.4, -0.2) is 15.3 Å². The Labute approximate surface area is 91.1 Å². The van der Waals surface area contributed by atoms with E-state index in [1.807, 2.05) is 6.08 Å². The first kappa shape index (κ1) is 13.6. The van der Waals surface area contributed by atoms with Crippen molar-refractivity contribution in [2.45, 2.75) is 39.0 Å². The third-order valence-electron chi connectivity index (χ3n) is 1.95. The van der Waals surface area contributed by atoms with E-state index in [2.05, 4.69) is 6.92 Å². The van der Waals surface area contributed by atoms with Crippen LogP contribution in [0.15, 0.2) is 36.0 Å². The second kappa shape index (κ2) is 9.19. The van der Waals surface area contributed by atoms with Gasteiger partial charge in [-0.2, -0.15) is 0 Å². The molecular weight excluding hydrogens is 192 g/mol. The molecule has 0 heterocycles. The van der Waals surface area contributed by atoms with Crippen LogP contribution in [0.5, 0.6) is 0 Å². The average molecular weight is 212 g/mol. The van der Waals surface area contributed by atoms with Crippen molar-refractivity contribution in [3.63, 3.8) is 0 Å². The zero-order valence-electron chi connectivity index (χ0n) is 9.19. The molecule has 0 aliphatic rings. The molecule has 0 aromatic carbocycles. The van der Waals surface area contributed by atoms with E-state index in [1.54, 1.807) is 12.2 Å². The molecule has 0 fully saturated rings. The summed E-state index contributed by atoms with van der Waals surface area (Å²) < 4.78 is 0. The highest BCUT2D eigenvalue weighted by Crippen LogP contribution is 2.03. The predicted octanol–water partition coefficient (Wildman–Crippen LogP) is 3.91. The summed E-state index contributed by atoms with van der Waals surface area (Å²) in [6, 6.07) is 0. The van der Waals surface area contributed by atoms with Gasteiger partial charge in [-0.25, -0.2) is 0 Å². The summed E-state index contributed by atoms with van der Waals surface area (Å²) in [5, 5.41) is 25.7. The van der Waals surface area contributed by atoms with E-state index in [9.17, 15) is 0 Å². The number of allylic oxidation sites excluding steroid dienone is 4. The van der Waals surface area contributed by atoms with Crippen molar-refractivity contribution >= 4 is 0 Å². The molecule has 0 saturated heterocycles. The van der Waals surface area contributed by atoms with Gasteiger partial charge in [0.25, 0.3) is 0 Å². The van der Waals surface area contributed by atoms with Crippen molar-refractivity contribution in [1.29, 1.82) is 0 Å². The van der Waals surface area contributed by atoms with Crippen LogP contribution in [-0.2, 0) is 0 Å². The molecule has 3 N–H and O–H groups in total. The molecule has 3 heteroatoms. The molecular formula is C12H20O3. The van der Waals surface area contributed by atoms with Gasteiger partial charge in [-0.15, -0.1) is 0 Å². The lowest BCUT2D eigenvalue weighted by Gasteiger charge is -1.93. The highest BCUT2D eigenvalue weighted by Gasteiger charge is 1.92. The summed E-state index contributed by atoms with van der Waals surface area (Å²) in [7, 11) is 0. The molecule has 0 spiro atoms. The first-order chi connectivity index (χ1) is 7.18. The molecule has 0 amide bonds. The molecule has 0 bridgehead atoms. The lowest BCUT2D eigenvalue weighted by atomic mass is 10.1. The summed E-state index contributed by atoms with van der Waals surface area (Å²) in [5.74, 6) is -1.58. The minimum Gasteiger partial charge on any atom is -0.502 e. The van der Waals surface area contributed by atoms with Crippen LogP contribution in [0.2, 0.25) is 0 Å². The number of hydrogen-bond donors (Lipinski definition) is 3. The first-order valence-corrected chi connectivity index (χ1v) is 5.32. The fourth-order valence-electron chi connectivity index (χ4n) is 1.08. The maximum absolute atomic E-state index is 8.86. The zero-order valence-corrected chi connectivity index (χ0v) is 9.19. The summed E-state index contributed by atoms with van der Waals surface area (Å²) in [6.45, 7) is 2.18. The molecule has 0 aromatic heterocycles. The van der Waals surface area contributed by atoms with E-state index >= 15 is 0 Å². The van der Waals surface area contributed by atoms with Crippen molar-refractivity contribution in [3.8, 4) is 0 Å². The van der Waals surface area contributed by atoms with Gasteiger partial charge in [-0.05, 0) is 18.9 Å². The molecule has 0 rings (SSSR count). The Morgan fingerprint density at radius 2 is 1.73 bits per heavy atom. The highest BCUT2D eigenvalue weighted by atomic mass is 16.5. The summed E-state index contributed by atoms with van der Waals surface area (Å²) in [5.41, 5.74) is 0. The number of hydrogen-bond acceptors (Lipinski definition) is 3. The lowest BCUT2D eigenvalue weighted by molar-refractivity contribution is 0.163. The van der Waals surface area contributed by atoms with E-state index in [4.69, 9.17) is 15.3 Å². The maximum Gasteiger partial charge on any atom is 0.318 e. The molecule has 0 saturated carbocycles. The van der Waals surface area contributed by atoms with Crippen LogP contribution in [0.3, 0.4) is 0 Å². The fourth-order valence-corrected chi connectivity index (χ4v) is 1.08. The van der Waals surface area contributed by atoms with E-state index in [0.717, 1.165) is 6.42 Å². The zero-order chi connectivity index (χ0) is 11.5. The Morgan fingerprint density at radius 1 is 1.00 bits per heavy atom. The third kappa shape index (κ3) is 8.94. The molecule has 3 nitrogen and oxygen atoms in total. The smallest absolute Gasteiger partial charge is 0.318 e. The van der Waals surface area contributed by atoms with Crippen molar-refractivity contribution in [2.75, 3.05) is 0 Å². The number of aliphatic hydroxyl groups excluding tert-OH is 2. The SMILES string of the molecule is CCCCCCC=CC=CC(O)=C(O)O. The molecule has 0 atom stereocenters. The van der Waals surface area contributed by atoms with Crippen molar-refractivity contribution < 1.29 is 15.3 Å². The molecule has 0 aliphatic carbocycles. The van der Waals surface area contributed by atoms with E-state index in [0.29, 0.717) is 0 Å². The molecule has 86 valence electrons. The number of unbranched alkanes of at least 4 members (excludes halogenated alkanes) is 4. The summed E-state index contributed by atoms with van der Waals surface area (Å²) in [6.07, 6.45) is 12.5. The summed E-state index contributed by atoms with van der Waals surface area (Å²) >= 11 is 0. The van der Waals surface area contributed by atoms with E-state index in [-0.39, 0.29) is 0 Å². The normalized spacial score (nSPS) is 11.3. The van der Waals surface area contributed by atoms with Gasteiger partial charge in [0.1, 0.15) is 0 Å². The van der Waals surface area contributed by atoms with Crippen LogP contribution >= 0.6 is 0 Å². The van der Waals surface area contributed by atoms with Gasteiger partial charge >= 0.3 is 5.95 Å². The van der Waals surface area contributed by atoms with Crippen molar-refractivity contribution in [3.05, 3.63) is 36.0 Å². The minimum atomic E-state index is -1.05. The lowest BCUT2D eigenvalue weighted by Crippen LogP contribution is -1.83. The molecule has 0 radical (unpaired) electrons. The number of aliphatic hydroxyl groups is 3. The third-order valence-corrected chi connectivity index (χ3v) is 1.95. The second-order valence-electron chi connectivity index (χ2n) is 3.35. The Bertz CT molecular complexity index is 235. The molecule has 0 aliphatic heterocycles. The van der Waals surface area contributed by atoms with E-state index in [1.165, 1.54) is 31.8 Å². The van der Waals surface area contributed by atoms with Gasteiger partial charge in [0.15, 0.2) is 5.76 Å². The van der Waals surface area contributed by atoms with Crippen molar-refractivity contribution in [2.24, 2.45) is 0 Å². The van der Waals surface area contributed by atoms with Crippen LogP contribution in [0.1, 0.15) is 39.0 Å². The average Bonchev–Trinajstić information content (AvgIpc) is 2.21. The highest BCUT2D eigenvalue weighted by molar-refractivity contribution is 5.15. The van der Waals surface area contributed by atoms with Gasteiger partial charge in [-0.1, -0.05) is 44.4 Å². The Hall–Kier alpha value is -1.38. The topological polar surface area (TPSA) is 60.7 Å². The fraction of sp³-hybridized carbons (Fsp3) is 0.500. The number of rotatable bonds is 7. The minimum absolute atomic E-state index is 0.523. The monoisotopic (exact) mass is 212 g/mol. The predicted molar refractivity (Wildman–Crippen MR) is 62.0 cm³/mol. The van der Waals surface area contributed by atoms with Crippen LogP contribution in [0.25, 0.3) is 0 Å². The van der Waals surface area contributed by atoms with Gasteiger partial charge in [0, 0.05) is 0 Å². The van der Waals surface area contributed by atoms with Crippen LogP contribution in [0.4, 0.5) is 0 Å². The standard InChI is InChI=1S/C12H20O3/c1-2-3-4-5-6-7-8-9-10-11(13)12(14)15/h7-10,13-15H,2-6H2,1H3.